The van der Waals surface area contributed by atoms with E-state index >= 15 is 0 Å². The number of hydrogen-bond acceptors (Lipinski definition) is 4. The standard InChI is InChI=1S/C14H13N5O/c1-9-4-3-5-15-13(9)14-17-11(6-12(20)18-14)10-7-16-19(2)8-10/h3-8H,1-2H3,(H,17,18,20). The normalized spacial score (nSPS) is 10.7. The summed E-state index contributed by atoms with van der Waals surface area (Å²) in [5, 5.41) is 4.09. The van der Waals surface area contributed by atoms with E-state index in [4.69, 9.17) is 0 Å². The SMILES string of the molecule is Cc1cccnc1-c1nc(-c2cnn(C)c2)cc(=O)[nH]1. The Morgan fingerprint density at radius 2 is 2.20 bits per heavy atom. The van der Waals surface area contributed by atoms with Gasteiger partial charge in [0.05, 0.1) is 11.9 Å². The zero-order valence-corrected chi connectivity index (χ0v) is 11.2. The number of nitrogens with zero attached hydrogens (tertiary/aromatic N) is 4. The van der Waals surface area contributed by atoms with Gasteiger partial charge in [0.15, 0.2) is 5.82 Å². The fourth-order valence-electron chi connectivity index (χ4n) is 2.00. The van der Waals surface area contributed by atoms with Crippen molar-refractivity contribution in [2.75, 3.05) is 0 Å². The zero-order valence-electron chi connectivity index (χ0n) is 11.2. The summed E-state index contributed by atoms with van der Waals surface area (Å²) in [5.41, 5.74) is 2.81. The van der Waals surface area contributed by atoms with E-state index in [1.54, 1.807) is 17.1 Å². The molecule has 6 heteroatoms. The Morgan fingerprint density at radius 3 is 2.90 bits per heavy atom. The molecule has 100 valence electrons. The second-order valence-electron chi connectivity index (χ2n) is 4.55. The molecule has 0 radical (unpaired) electrons. The summed E-state index contributed by atoms with van der Waals surface area (Å²) in [6, 6.07) is 5.24. The molecule has 0 atom stereocenters. The summed E-state index contributed by atoms with van der Waals surface area (Å²) in [6.45, 7) is 1.93. The highest BCUT2D eigenvalue weighted by atomic mass is 16.1. The van der Waals surface area contributed by atoms with Crippen LogP contribution in [0.4, 0.5) is 0 Å². The number of nitrogens with one attached hydrogen (secondary N) is 1. The molecule has 3 aromatic heterocycles. The first-order valence-corrected chi connectivity index (χ1v) is 6.16. The predicted octanol–water partition coefficient (Wildman–Crippen LogP) is 1.54. The van der Waals surface area contributed by atoms with Crippen LogP contribution in [0.5, 0.6) is 0 Å². The van der Waals surface area contributed by atoms with Gasteiger partial charge in [0.1, 0.15) is 5.69 Å². The van der Waals surface area contributed by atoms with Crippen molar-refractivity contribution in [2.45, 2.75) is 6.92 Å². The van der Waals surface area contributed by atoms with Gasteiger partial charge in [-0.15, -0.1) is 0 Å². The number of pyridine rings is 1. The zero-order chi connectivity index (χ0) is 14.1. The van der Waals surface area contributed by atoms with Crippen molar-refractivity contribution in [1.29, 1.82) is 0 Å². The van der Waals surface area contributed by atoms with Gasteiger partial charge in [-0.25, -0.2) is 4.98 Å². The average Bonchev–Trinajstić information content (AvgIpc) is 2.85. The van der Waals surface area contributed by atoms with Gasteiger partial charge >= 0.3 is 0 Å². The third kappa shape index (κ3) is 2.23. The maximum absolute atomic E-state index is 11.8. The Bertz CT molecular complexity index is 818. The smallest absolute Gasteiger partial charge is 0.251 e. The molecule has 0 aliphatic rings. The van der Waals surface area contributed by atoms with Gasteiger partial charge in [0.2, 0.25) is 0 Å². The minimum absolute atomic E-state index is 0.209. The highest BCUT2D eigenvalue weighted by molar-refractivity contribution is 5.61. The lowest BCUT2D eigenvalue weighted by molar-refractivity contribution is 0.768. The molecule has 0 aromatic carbocycles. The minimum atomic E-state index is -0.209. The van der Waals surface area contributed by atoms with Crippen LogP contribution < -0.4 is 5.56 Å². The fraction of sp³-hybridized carbons (Fsp3) is 0.143. The van der Waals surface area contributed by atoms with Crippen molar-refractivity contribution >= 4 is 0 Å². The fourth-order valence-corrected chi connectivity index (χ4v) is 2.00. The van der Waals surface area contributed by atoms with Crippen molar-refractivity contribution in [1.82, 2.24) is 24.7 Å². The number of H-pyrrole nitrogens is 1. The van der Waals surface area contributed by atoms with Crippen LogP contribution in [0.25, 0.3) is 22.8 Å². The maximum atomic E-state index is 11.8. The van der Waals surface area contributed by atoms with Crippen LogP contribution in [0.15, 0.2) is 41.6 Å². The highest BCUT2D eigenvalue weighted by Crippen LogP contribution is 2.19. The topological polar surface area (TPSA) is 76.5 Å². The van der Waals surface area contributed by atoms with Gasteiger partial charge < -0.3 is 4.98 Å². The van der Waals surface area contributed by atoms with Crippen LogP contribution in [0, 0.1) is 6.92 Å². The van der Waals surface area contributed by atoms with Gasteiger partial charge in [-0.3, -0.25) is 14.5 Å². The van der Waals surface area contributed by atoms with Crippen LogP contribution in [-0.2, 0) is 7.05 Å². The van der Waals surface area contributed by atoms with Crippen molar-refractivity contribution in [3.63, 3.8) is 0 Å². The summed E-state index contributed by atoms with van der Waals surface area (Å²) >= 11 is 0. The lowest BCUT2D eigenvalue weighted by Gasteiger charge is -2.04. The molecule has 0 fully saturated rings. The maximum Gasteiger partial charge on any atom is 0.251 e. The summed E-state index contributed by atoms with van der Waals surface area (Å²) in [6.07, 6.45) is 5.17. The molecule has 0 aliphatic heterocycles. The second kappa shape index (κ2) is 4.73. The van der Waals surface area contributed by atoms with Crippen LogP contribution in [0.1, 0.15) is 5.56 Å². The Balaban J connectivity index is 2.17. The summed E-state index contributed by atoms with van der Waals surface area (Å²) in [7, 11) is 1.82. The first-order valence-electron chi connectivity index (χ1n) is 6.16. The van der Waals surface area contributed by atoms with Crippen LogP contribution in [-0.4, -0.2) is 24.7 Å². The average molecular weight is 267 g/mol. The van der Waals surface area contributed by atoms with Gasteiger partial charge in [0, 0.05) is 31.1 Å². The van der Waals surface area contributed by atoms with Crippen LogP contribution in [0.3, 0.4) is 0 Å². The molecule has 20 heavy (non-hydrogen) atoms. The first kappa shape index (κ1) is 12.3. The summed E-state index contributed by atoms with van der Waals surface area (Å²) < 4.78 is 1.67. The van der Waals surface area contributed by atoms with Crippen LogP contribution >= 0.6 is 0 Å². The lowest BCUT2D eigenvalue weighted by atomic mass is 10.2. The molecule has 0 amide bonds. The number of aromatic nitrogens is 5. The monoisotopic (exact) mass is 267 g/mol. The van der Waals surface area contributed by atoms with Crippen molar-refractivity contribution in [3.8, 4) is 22.8 Å². The molecule has 0 unspecified atom stereocenters. The molecule has 0 saturated carbocycles. The molecule has 6 nitrogen and oxygen atoms in total. The van der Waals surface area contributed by atoms with Crippen molar-refractivity contribution in [3.05, 3.63) is 52.7 Å². The van der Waals surface area contributed by atoms with E-state index in [1.807, 2.05) is 32.3 Å². The summed E-state index contributed by atoms with van der Waals surface area (Å²) in [5.74, 6) is 0.467. The van der Waals surface area contributed by atoms with Gasteiger partial charge in [-0.2, -0.15) is 5.10 Å². The number of rotatable bonds is 2. The number of hydrogen-bond donors (Lipinski definition) is 1. The van der Waals surface area contributed by atoms with Gasteiger partial charge in [-0.05, 0) is 18.6 Å². The lowest BCUT2D eigenvalue weighted by Crippen LogP contribution is -2.09. The molecular formula is C14H13N5O. The second-order valence-corrected chi connectivity index (χ2v) is 4.55. The van der Waals surface area contributed by atoms with E-state index in [-0.39, 0.29) is 5.56 Å². The van der Waals surface area contributed by atoms with Crippen LogP contribution in [0.2, 0.25) is 0 Å². The third-order valence-electron chi connectivity index (χ3n) is 2.98. The molecule has 1 N–H and O–H groups in total. The van der Waals surface area contributed by atoms with Crippen molar-refractivity contribution in [2.24, 2.45) is 7.05 Å². The molecule has 0 bridgehead atoms. The van der Waals surface area contributed by atoms with E-state index in [0.29, 0.717) is 17.2 Å². The molecule has 0 aliphatic carbocycles. The summed E-state index contributed by atoms with van der Waals surface area (Å²) in [4.78, 5) is 23.3. The first-order chi connectivity index (χ1) is 9.63. The Hall–Kier alpha value is -2.76. The van der Waals surface area contributed by atoms with E-state index in [9.17, 15) is 4.79 Å². The molecule has 3 heterocycles. The molecule has 3 aromatic rings. The van der Waals surface area contributed by atoms with E-state index in [0.717, 1.165) is 11.1 Å². The van der Waals surface area contributed by atoms with E-state index in [1.165, 1.54) is 6.07 Å². The Labute approximate surface area is 115 Å². The molecule has 3 rings (SSSR count). The highest BCUT2D eigenvalue weighted by Gasteiger charge is 2.10. The van der Waals surface area contributed by atoms with Gasteiger partial charge in [-0.1, -0.05) is 6.07 Å². The minimum Gasteiger partial charge on any atom is -0.305 e. The quantitative estimate of drug-likeness (QED) is 0.764. The number of aryl methyl sites for hydroxylation is 2. The van der Waals surface area contributed by atoms with Gasteiger partial charge in [0.25, 0.3) is 5.56 Å². The van der Waals surface area contributed by atoms with Crippen molar-refractivity contribution < 1.29 is 0 Å². The molecule has 0 spiro atoms. The van der Waals surface area contributed by atoms with E-state index < -0.39 is 0 Å². The largest absolute Gasteiger partial charge is 0.305 e. The third-order valence-corrected chi connectivity index (χ3v) is 2.98. The molecule has 0 saturated heterocycles. The Morgan fingerprint density at radius 1 is 1.35 bits per heavy atom. The number of aromatic amines is 1. The van der Waals surface area contributed by atoms with E-state index in [2.05, 4.69) is 20.1 Å². The Kier molecular flexibility index (Phi) is 2.90. The molecular weight excluding hydrogens is 254 g/mol. The predicted molar refractivity (Wildman–Crippen MR) is 75.0 cm³/mol.